The minimum absolute atomic E-state index is 0.119. The molecule has 1 N–H and O–H groups in total. The smallest absolute Gasteiger partial charge is 0.239 e. The van der Waals surface area contributed by atoms with E-state index in [1.807, 2.05) is 24.3 Å². The summed E-state index contributed by atoms with van der Waals surface area (Å²) in [5, 5.41) is 21.1. The van der Waals surface area contributed by atoms with E-state index in [0.29, 0.717) is 6.42 Å². The zero-order chi connectivity index (χ0) is 22.2. The van der Waals surface area contributed by atoms with Gasteiger partial charge >= 0.3 is 0 Å². The molecule has 3 aromatic carbocycles. The van der Waals surface area contributed by atoms with Crippen molar-refractivity contribution >= 4 is 23.2 Å². The molecule has 6 nitrogen and oxygen atoms in total. The van der Waals surface area contributed by atoms with Gasteiger partial charge in [0.25, 0.3) is 0 Å². The number of carbonyl (C=O) groups is 2. The minimum atomic E-state index is -0.626. The first kappa shape index (κ1) is 19.2. The molecule has 3 aliphatic carbocycles. The molecule has 2 atom stereocenters. The van der Waals surface area contributed by atoms with E-state index < -0.39 is 17.3 Å². The fourth-order valence-corrected chi connectivity index (χ4v) is 6.58. The molecule has 0 unspecified atom stereocenters. The van der Waals surface area contributed by atoms with Crippen molar-refractivity contribution in [3.05, 3.63) is 100 Å². The summed E-state index contributed by atoms with van der Waals surface area (Å²) in [7, 11) is 0. The maximum Gasteiger partial charge on any atom is 0.239 e. The Hall–Kier alpha value is -3.48. The van der Waals surface area contributed by atoms with E-state index in [9.17, 15) is 20.0 Å². The number of amides is 2. The molecule has 4 aliphatic rings. The van der Waals surface area contributed by atoms with Gasteiger partial charge in [-0.1, -0.05) is 67.6 Å². The standard InChI is InChI=1S/C26H21N2O4/c1-2-26-17-11-5-3-9-15(17)21(16-10-4-6-12-18(16)26)22-23(26)25(30)27(24(22)29)19-13-7-8-14-20(19)28(31)32/h3-14,21-23,31H,2H2,1H3/q-1/t21?,22-,23-,26?/m1/s1. The molecule has 1 fully saturated rings. The Morgan fingerprint density at radius 3 is 2.06 bits per heavy atom. The van der Waals surface area contributed by atoms with Gasteiger partial charge in [-0.05, 0) is 40.8 Å². The summed E-state index contributed by atoms with van der Waals surface area (Å²) in [6.45, 7) is 2.07. The van der Waals surface area contributed by atoms with Crippen LogP contribution in [0.4, 0.5) is 11.4 Å². The molecule has 32 heavy (non-hydrogen) atoms. The molecule has 2 amide bonds. The summed E-state index contributed by atoms with van der Waals surface area (Å²) in [5.41, 5.74) is 3.78. The Kier molecular flexibility index (Phi) is 3.91. The van der Waals surface area contributed by atoms with Crippen molar-refractivity contribution in [1.82, 2.24) is 0 Å². The molecule has 1 saturated heterocycles. The lowest BCUT2D eigenvalue weighted by molar-refractivity contribution is -0.123. The summed E-state index contributed by atoms with van der Waals surface area (Å²) in [4.78, 5) is 29.0. The first-order valence-electron chi connectivity index (χ1n) is 10.8. The average Bonchev–Trinajstić information content (AvgIpc) is 3.09. The second-order valence-electron chi connectivity index (χ2n) is 8.75. The van der Waals surface area contributed by atoms with Gasteiger partial charge in [0.15, 0.2) is 0 Å². The van der Waals surface area contributed by atoms with Gasteiger partial charge in [0.1, 0.15) is 0 Å². The highest BCUT2D eigenvalue weighted by molar-refractivity contribution is 6.25. The van der Waals surface area contributed by atoms with E-state index in [4.69, 9.17) is 0 Å². The molecule has 0 aromatic heterocycles. The van der Waals surface area contributed by atoms with Crippen molar-refractivity contribution in [2.45, 2.75) is 24.7 Å². The molecule has 3 aromatic rings. The van der Waals surface area contributed by atoms with Gasteiger partial charge in [-0.3, -0.25) is 14.8 Å². The van der Waals surface area contributed by atoms with Gasteiger partial charge in [0.2, 0.25) is 11.8 Å². The fourth-order valence-electron chi connectivity index (χ4n) is 6.58. The van der Waals surface area contributed by atoms with Crippen LogP contribution in [0.15, 0.2) is 72.8 Å². The monoisotopic (exact) mass is 425 g/mol. The number of imide groups is 1. The predicted molar refractivity (Wildman–Crippen MR) is 119 cm³/mol. The van der Waals surface area contributed by atoms with Crippen LogP contribution in [0.2, 0.25) is 0 Å². The highest BCUT2D eigenvalue weighted by atomic mass is 16.8. The molecular weight excluding hydrogens is 404 g/mol. The lowest BCUT2D eigenvalue weighted by Crippen LogP contribution is -2.53. The number of hydrogen-bond donors (Lipinski definition) is 1. The number of carbonyl (C=O) groups excluding carboxylic acids is 2. The molecule has 0 spiro atoms. The van der Waals surface area contributed by atoms with Crippen molar-refractivity contribution in [3.63, 3.8) is 0 Å². The SMILES string of the molecule is CCC12c3ccccc3C(c3ccccc31)[C@H]1C(=O)N(c3ccccc3N([O-])O)C(=O)[C@@H]12. The number of para-hydroxylation sites is 2. The summed E-state index contributed by atoms with van der Waals surface area (Å²) < 4.78 is 0. The van der Waals surface area contributed by atoms with E-state index in [1.165, 1.54) is 12.1 Å². The van der Waals surface area contributed by atoms with E-state index in [2.05, 4.69) is 31.2 Å². The highest BCUT2D eigenvalue weighted by Crippen LogP contribution is 2.65. The van der Waals surface area contributed by atoms with Gasteiger partial charge in [-0.2, -0.15) is 0 Å². The van der Waals surface area contributed by atoms with Crippen LogP contribution in [0.25, 0.3) is 0 Å². The third kappa shape index (κ3) is 2.11. The first-order valence-corrected chi connectivity index (χ1v) is 10.8. The summed E-state index contributed by atoms with van der Waals surface area (Å²) in [6, 6.07) is 22.4. The number of anilines is 2. The third-order valence-corrected chi connectivity index (χ3v) is 7.68. The summed E-state index contributed by atoms with van der Waals surface area (Å²) in [5.74, 6) is -1.99. The van der Waals surface area contributed by atoms with Gasteiger partial charge in [0.05, 0.1) is 23.2 Å². The Morgan fingerprint density at radius 1 is 0.906 bits per heavy atom. The molecule has 7 rings (SSSR count). The molecular formula is C26H21N2O4-. The van der Waals surface area contributed by atoms with E-state index in [1.54, 1.807) is 12.1 Å². The topological polar surface area (TPSA) is 83.9 Å². The number of benzene rings is 3. The maximum atomic E-state index is 14.0. The second-order valence-corrected chi connectivity index (χ2v) is 8.75. The van der Waals surface area contributed by atoms with Crippen LogP contribution in [0.1, 0.15) is 41.5 Å². The van der Waals surface area contributed by atoms with E-state index >= 15 is 0 Å². The lowest BCUT2D eigenvalue weighted by atomic mass is 9.46. The van der Waals surface area contributed by atoms with E-state index in [0.717, 1.165) is 27.2 Å². The third-order valence-electron chi connectivity index (χ3n) is 7.68. The van der Waals surface area contributed by atoms with Crippen molar-refractivity contribution in [2.24, 2.45) is 11.8 Å². The zero-order valence-electron chi connectivity index (χ0n) is 17.4. The predicted octanol–water partition coefficient (Wildman–Crippen LogP) is 4.34. The number of nitrogens with zero attached hydrogens (tertiary/aromatic N) is 2. The van der Waals surface area contributed by atoms with Gasteiger partial charge in [-0.25, -0.2) is 4.90 Å². The van der Waals surface area contributed by atoms with E-state index in [-0.39, 0.29) is 34.3 Å². The average molecular weight is 425 g/mol. The molecule has 160 valence electrons. The number of rotatable bonds is 3. The number of hydrogen-bond acceptors (Lipinski definition) is 5. The van der Waals surface area contributed by atoms with Gasteiger partial charge < -0.3 is 10.4 Å². The largest absolute Gasteiger partial charge is 0.733 e. The lowest BCUT2D eigenvalue weighted by Gasteiger charge is -2.54. The van der Waals surface area contributed by atoms with Crippen LogP contribution in [0, 0.1) is 17.0 Å². The summed E-state index contributed by atoms with van der Waals surface area (Å²) in [6.07, 6.45) is 0.664. The van der Waals surface area contributed by atoms with Crippen molar-refractivity contribution in [2.75, 3.05) is 10.1 Å². The van der Waals surface area contributed by atoms with Crippen molar-refractivity contribution in [3.8, 4) is 0 Å². The maximum absolute atomic E-state index is 14.0. The first-order chi connectivity index (χ1) is 15.5. The summed E-state index contributed by atoms with van der Waals surface area (Å²) >= 11 is 0. The molecule has 0 saturated carbocycles. The minimum Gasteiger partial charge on any atom is -0.733 e. The molecule has 1 aliphatic heterocycles. The Morgan fingerprint density at radius 2 is 1.47 bits per heavy atom. The van der Waals surface area contributed by atoms with Crippen LogP contribution < -0.4 is 10.1 Å². The van der Waals surface area contributed by atoms with Crippen LogP contribution in [-0.4, -0.2) is 17.0 Å². The van der Waals surface area contributed by atoms with Crippen molar-refractivity contribution in [1.29, 1.82) is 0 Å². The zero-order valence-corrected chi connectivity index (χ0v) is 17.4. The Labute approximate surface area is 185 Å². The van der Waals surface area contributed by atoms with Crippen LogP contribution >= 0.6 is 0 Å². The van der Waals surface area contributed by atoms with Gasteiger partial charge in [-0.15, -0.1) is 0 Å². The molecule has 6 heteroatoms. The van der Waals surface area contributed by atoms with Crippen molar-refractivity contribution < 1.29 is 14.8 Å². The van der Waals surface area contributed by atoms with Crippen LogP contribution in [0.5, 0.6) is 0 Å². The molecule has 1 heterocycles. The van der Waals surface area contributed by atoms with Gasteiger partial charge in [0, 0.05) is 11.3 Å². The Bertz CT molecular complexity index is 1240. The normalized spacial score (nSPS) is 27.2. The quantitative estimate of drug-likeness (QED) is 0.499. The fraction of sp³-hybridized carbons (Fsp3) is 0.231. The Balaban J connectivity index is 1.63. The highest BCUT2D eigenvalue weighted by Gasteiger charge is 2.67. The molecule has 2 bridgehead atoms. The molecule has 0 radical (unpaired) electrons. The van der Waals surface area contributed by atoms with Crippen LogP contribution in [0.3, 0.4) is 0 Å². The van der Waals surface area contributed by atoms with Crippen LogP contribution in [-0.2, 0) is 15.0 Å². The second kappa shape index (κ2) is 6.51.